The number of amides is 2. The fourth-order valence-corrected chi connectivity index (χ4v) is 6.02. The average molecular weight is 413 g/mol. The molecule has 0 radical (unpaired) electrons. The van der Waals surface area contributed by atoms with Gasteiger partial charge in [-0.15, -0.1) is 0 Å². The van der Waals surface area contributed by atoms with Gasteiger partial charge < -0.3 is 19.2 Å². The second kappa shape index (κ2) is 6.97. The van der Waals surface area contributed by atoms with E-state index in [1.807, 2.05) is 37.2 Å². The van der Waals surface area contributed by atoms with Crippen LogP contribution in [0.2, 0.25) is 0 Å². The first-order chi connectivity index (χ1) is 14.5. The van der Waals surface area contributed by atoms with Gasteiger partial charge >= 0.3 is 0 Å². The molecule has 160 valence electrons. The summed E-state index contributed by atoms with van der Waals surface area (Å²) < 4.78 is 11.0. The van der Waals surface area contributed by atoms with Crippen LogP contribution >= 0.6 is 0 Å². The number of ether oxygens (including phenoxy) is 2. The Kier molecular flexibility index (Phi) is 4.50. The number of para-hydroxylation sites is 1. The molecule has 2 aliphatic heterocycles. The second-order valence-corrected chi connectivity index (χ2v) is 8.86. The monoisotopic (exact) mass is 413 g/mol. The Bertz CT molecular complexity index is 929. The number of imide groups is 1. The second-order valence-electron chi connectivity index (χ2n) is 8.86. The standard InChI is InChI=1S/C22H27N3O5/c1-24(2)8-9-25-21(26)15-12-10-13(16(15)22(25)27)20-17(12)18(23-30-20)11-6-5-7-14(28-3)19(11)29-4/h5-7,12-13,15-17,20H,8-10H2,1-4H3/t12-,13+,15-,16+,17-,20-/m1/s1. The van der Waals surface area contributed by atoms with Gasteiger partial charge in [0.2, 0.25) is 11.8 Å². The lowest BCUT2D eigenvalue weighted by molar-refractivity contribution is -0.141. The number of hydrogen-bond acceptors (Lipinski definition) is 7. The maximum Gasteiger partial charge on any atom is 0.233 e. The molecule has 2 saturated carbocycles. The van der Waals surface area contributed by atoms with Crippen molar-refractivity contribution in [3.8, 4) is 11.5 Å². The molecule has 8 heteroatoms. The van der Waals surface area contributed by atoms with Crippen LogP contribution in [0.1, 0.15) is 12.0 Å². The molecule has 0 aromatic heterocycles. The number of oxime groups is 1. The van der Waals surface area contributed by atoms with Crippen molar-refractivity contribution in [2.45, 2.75) is 12.5 Å². The SMILES string of the molecule is COc1cccc(C2=NO[C@@H]3[C@H]4C[C@H]([C@H]5C(=O)N(CCN(C)C)C(=O)[C@@H]45)[C@H]23)c1OC. The fourth-order valence-electron chi connectivity index (χ4n) is 6.02. The summed E-state index contributed by atoms with van der Waals surface area (Å²) >= 11 is 0. The first-order valence-corrected chi connectivity index (χ1v) is 10.4. The van der Waals surface area contributed by atoms with Crippen molar-refractivity contribution in [3.05, 3.63) is 23.8 Å². The van der Waals surface area contributed by atoms with Crippen molar-refractivity contribution in [3.63, 3.8) is 0 Å². The minimum absolute atomic E-state index is 0.0113. The molecule has 0 unspecified atom stereocenters. The first kappa shape index (κ1) is 19.4. The van der Waals surface area contributed by atoms with Crippen molar-refractivity contribution >= 4 is 17.5 Å². The van der Waals surface area contributed by atoms with Crippen molar-refractivity contribution < 1.29 is 23.9 Å². The predicted octanol–water partition coefficient (Wildman–Crippen LogP) is 1.24. The number of benzene rings is 1. The first-order valence-electron chi connectivity index (χ1n) is 10.4. The quantitative estimate of drug-likeness (QED) is 0.653. The van der Waals surface area contributed by atoms with Gasteiger partial charge in [0.1, 0.15) is 6.10 Å². The largest absolute Gasteiger partial charge is 0.493 e. The van der Waals surface area contributed by atoms with Crippen LogP contribution in [0, 0.1) is 29.6 Å². The van der Waals surface area contributed by atoms with Crippen LogP contribution in [-0.2, 0) is 14.4 Å². The summed E-state index contributed by atoms with van der Waals surface area (Å²) in [6.45, 7) is 1.11. The summed E-state index contributed by atoms with van der Waals surface area (Å²) in [6, 6.07) is 5.69. The van der Waals surface area contributed by atoms with Crippen molar-refractivity contribution in [1.82, 2.24) is 9.80 Å². The molecule has 8 nitrogen and oxygen atoms in total. The van der Waals surface area contributed by atoms with E-state index in [1.165, 1.54) is 4.90 Å². The van der Waals surface area contributed by atoms with E-state index in [0.29, 0.717) is 24.6 Å². The van der Waals surface area contributed by atoms with Crippen LogP contribution in [0.15, 0.2) is 23.4 Å². The molecule has 2 aliphatic carbocycles. The van der Waals surface area contributed by atoms with E-state index >= 15 is 0 Å². The fraction of sp³-hybridized carbons (Fsp3) is 0.591. The van der Waals surface area contributed by atoms with Crippen LogP contribution in [-0.4, -0.2) is 74.8 Å². The smallest absolute Gasteiger partial charge is 0.233 e. The Morgan fingerprint density at radius 2 is 1.83 bits per heavy atom. The molecule has 2 heterocycles. The predicted molar refractivity (Wildman–Crippen MR) is 108 cm³/mol. The van der Waals surface area contributed by atoms with Gasteiger partial charge in [-0.25, -0.2) is 0 Å². The molecule has 4 aliphatic rings. The number of nitrogens with zero attached hydrogens (tertiary/aromatic N) is 3. The topological polar surface area (TPSA) is 80.7 Å². The van der Waals surface area contributed by atoms with Crippen molar-refractivity contribution in [2.24, 2.45) is 34.7 Å². The van der Waals surface area contributed by atoms with Crippen molar-refractivity contribution in [2.75, 3.05) is 41.4 Å². The number of fused-ring (bicyclic) bond motifs is 8. The Balaban J connectivity index is 1.46. The summed E-state index contributed by atoms with van der Waals surface area (Å²) in [5, 5.41) is 4.41. The summed E-state index contributed by atoms with van der Waals surface area (Å²) in [4.78, 5) is 35.6. The lowest BCUT2D eigenvalue weighted by Crippen LogP contribution is -2.41. The average Bonchev–Trinajstić information content (AvgIpc) is 3.46. The maximum atomic E-state index is 13.2. The number of likely N-dealkylation sites (N-methyl/N-ethyl adjacent to an activating group) is 1. The van der Waals surface area contributed by atoms with Gasteiger partial charge in [0.05, 0.1) is 31.8 Å². The minimum Gasteiger partial charge on any atom is -0.493 e. The van der Waals surface area contributed by atoms with Gasteiger partial charge in [-0.2, -0.15) is 0 Å². The van der Waals surface area contributed by atoms with E-state index in [9.17, 15) is 9.59 Å². The number of hydrogen-bond donors (Lipinski definition) is 0. The highest BCUT2D eigenvalue weighted by Gasteiger charge is 2.70. The third kappa shape index (κ3) is 2.52. The molecule has 5 rings (SSSR count). The number of rotatable bonds is 6. The highest BCUT2D eigenvalue weighted by molar-refractivity contribution is 6.10. The highest BCUT2D eigenvalue weighted by atomic mass is 16.6. The van der Waals surface area contributed by atoms with E-state index in [2.05, 4.69) is 5.16 Å². The Hall–Kier alpha value is -2.61. The lowest BCUT2D eigenvalue weighted by atomic mass is 9.71. The molecule has 1 aromatic carbocycles. The summed E-state index contributed by atoms with van der Waals surface area (Å²) in [5.41, 5.74) is 1.63. The third-order valence-electron chi connectivity index (χ3n) is 7.23. The Morgan fingerprint density at radius 3 is 2.50 bits per heavy atom. The number of carbonyl (C=O) groups is 2. The number of carbonyl (C=O) groups excluding carboxylic acids is 2. The normalized spacial score (nSPS) is 33.6. The van der Waals surface area contributed by atoms with Gasteiger partial charge in [0, 0.05) is 30.5 Å². The molecule has 0 spiro atoms. The van der Waals surface area contributed by atoms with Crippen LogP contribution < -0.4 is 9.47 Å². The lowest BCUT2D eigenvalue weighted by Gasteiger charge is -2.30. The summed E-state index contributed by atoms with van der Waals surface area (Å²) in [6.07, 6.45) is 0.669. The van der Waals surface area contributed by atoms with Gasteiger partial charge in [-0.05, 0) is 38.6 Å². The molecule has 1 aromatic rings. The zero-order valence-electron chi connectivity index (χ0n) is 17.7. The van der Waals surface area contributed by atoms with E-state index in [1.54, 1.807) is 14.2 Å². The molecule has 1 saturated heterocycles. The molecule has 6 atom stereocenters. The Labute approximate surface area is 175 Å². The van der Waals surface area contributed by atoms with Crippen LogP contribution in [0.3, 0.4) is 0 Å². The zero-order chi connectivity index (χ0) is 21.2. The van der Waals surface area contributed by atoms with Gasteiger partial charge in [-0.3, -0.25) is 14.5 Å². The molecule has 0 N–H and O–H groups in total. The van der Waals surface area contributed by atoms with Crippen LogP contribution in [0.4, 0.5) is 0 Å². The van der Waals surface area contributed by atoms with E-state index in [4.69, 9.17) is 14.3 Å². The van der Waals surface area contributed by atoms with Crippen LogP contribution in [0.5, 0.6) is 11.5 Å². The summed E-state index contributed by atoms with van der Waals surface area (Å²) in [5.74, 6) is 0.722. The molecular formula is C22H27N3O5. The molecule has 30 heavy (non-hydrogen) atoms. The maximum absolute atomic E-state index is 13.2. The van der Waals surface area contributed by atoms with E-state index in [-0.39, 0.29) is 47.5 Å². The summed E-state index contributed by atoms with van der Waals surface area (Å²) in [7, 11) is 7.09. The molecular weight excluding hydrogens is 386 g/mol. The molecule has 3 fully saturated rings. The number of methoxy groups -OCH3 is 2. The van der Waals surface area contributed by atoms with Gasteiger partial charge in [-0.1, -0.05) is 11.2 Å². The number of likely N-dealkylation sites (tertiary alicyclic amines) is 1. The van der Waals surface area contributed by atoms with Gasteiger partial charge in [0.25, 0.3) is 0 Å². The highest BCUT2D eigenvalue weighted by Crippen LogP contribution is 2.62. The molecule has 2 bridgehead atoms. The Morgan fingerprint density at radius 1 is 1.10 bits per heavy atom. The third-order valence-corrected chi connectivity index (χ3v) is 7.23. The van der Waals surface area contributed by atoms with E-state index in [0.717, 1.165) is 17.7 Å². The van der Waals surface area contributed by atoms with E-state index < -0.39 is 0 Å². The van der Waals surface area contributed by atoms with Gasteiger partial charge in [0.15, 0.2) is 11.5 Å². The van der Waals surface area contributed by atoms with Crippen LogP contribution in [0.25, 0.3) is 0 Å². The zero-order valence-corrected chi connectivity index (χ0v) is 17.7. The van der Waals surface area contributed by atoms with Crippen molar-refractivity contribution in [1.29, 1.82) is 0 Å². The minimum atomic E-state index is -0.271. The molecule has 2 amide bonds.